The Kier molecular flexibility index (Phi) is 8.23. The summed E-state index contributed by atoms with van der Waals surface area (Å²) in [7, 11) is 3.61. The zero-order valence-corrected chi connectivity index (χ0v) is 13.1. The lowest BCUT2D eigenvalue weighted by molar-refractivity contribution is 0.146. The second-order valence-corrected chi connectivity index (χ2v) is 4.57. The molecule has 6 nitrogen and oxygen atoms in total. The quantitative estimate of drug-likeness (QED) is 0.249. The van der Waals surface area contributed by atoms with Gasteiger partial charge in [0, 0.05) is 38.9 Å². The molecule has 1 aromatic rings. The summed E-state index contributed by atoms with van der Waals surface area (Å²) < 4.78 is 10.6. The van der Waals surface area contributed by atoms with Crippen LogP contribution in [0.2, 0.25) is 0 Å². The summed E-state index contributed by atoms with van der Waals surface area (Å²) in [6, 6.07) is 7.91. The van der Waals surface area contributed by atoms with Gasteiger partial charge >= 0.3 is 0 Å². The van der Waals surface area contributed by atoms with Gasteiger partial charge in [-0.1, -0.05) is 18.2 Å². The Balaban J connectivity index is 2.57. The number of hydrogen-bond donors (Lipinski definition) is 2. The van der Waals surface area contributed by atoms with Gasteiger partial charge in [-0.05, 0) is 19.4 Å². The van der Waals surface area contributed by atoms with Gasteiger partial charge in [0.15, 0.2) is 0 Å². The molecule has 0 aliphatic rings. The highest BCUT2D eigenvalue weighted by molar-refractivity contribution is 5.79. The zero-order chi connectivity index (χ0) is 15.5. The minimum atomic E-state index is 0.650. The number of methoxy groups -OCH3 is 1. The molecule has 0 heterocycles. The van der Waals surface area contributed by atoms with Gasteiger partial charge in [0.2, 0.25) is 5.96 Å². The predicted molar refractivity (Wildman–Crippen MR) is 85.2 cm³/mol. The lowest BCUT2D eigenvalue weighted by Gasteiger charge is -2.21. The van der Waals surface area contributed by atoms with E-state index < -0.39 is 0 Å². The Bertz CT molecular complexity index is 437. The van der Waals surface area contributed by atoms with Gasteiger partial charge in [0.25, 0.3) is 0 Å². The van der Waals surface area contributed by atoms with E-state index in [2.05, 4.69) is 10.4 Å². The number of guanidine groups is 1. The number of benzene rings is 1. The van der Waals surface area contributed by atoms with E-state index >= 15 is 0 Å². The van der Waals surface area contributed by atoms with Crippen molar-refractivity contribution in [3.63, 3.8) is 0 Å². The lowest BCUT2D eigenvalue weighted by atomic mass is 10.2. The van der Waals surface area contributed by atoms with Crippen LogP contribution in [0, 0.1) is 0 Å². The van der Waals surface area contributed by atoms with Crippen LogP contribution in [0.4, 0.5) is 0 Å². The first-order valence-electron chi connectivity index (χ1n) is 7.14. The molecule has 0 fully saturated rings. The number of nitrogens with zero attached hydrogens (tertiary/aromatic N) is 2. The minimum Gasteiger partial charge on any atom is -0.496 e. The molecule has 3 N–H and O–H groups in total. The number of hydrazine groups is 1. The molecule has 6 heteroatoms. The first-order valence-corrected chi connectivity index (χ1v) is 7.14. The first-order chi connectivity index (χ1) is 10.2. The number of nitrogens with one attached hydrogen (secondary N) is 1. The van der Waals surface area contributed by atoms with Gasteiger partial charge in [-0.15, -0.1) is 0 Å². The molecule has 0 bridgehead atoms. The Morgan fingerprint density at radius 1 is 1.38 bits per heavy atom. The van der Waals surface area contributed by atoms with Crippen LogP contribution in [0.15, 0.2) is 29.3 Å². The molecule has 118 valence electrons. The van der Waals surface area contributed by atoms with Gasteiger partial charge < -0.3 is 14.4 Å². The maximum absolute atomic E-state index is 5.55. The molecule has 21 heavy (non-hydrogen) atoms. The molecule has 0 aliphatic carbocycles. The maximum Gasteiger partial charge on any atom is 0.208 e. The van der Waals surface area contributed by atoms with E-state index in [0.29, 0.717) is 25.7 Å². The third kappa shape index (κ3) is 6.01. The predicted octanol–water partition coefficient (Wildman–Crippen LogP) is 1.37. The van der Waals surface area contributed by atoms with Crippen LogP contribution in [0.5, 0.6) is 5.75 Å². The highest BCUT2D eigenvalue weighted by atomic mass is 16.5. The molecule has 1 aromatic carbocycles. The summed E-state index contributed by atoms with van der Waals surface area (Å²) in [6.45, 7) is 4.78. The van der Waals surface area contributed by atoms with E-state index in [4.69, 9.17) is 15.3 Å². The summed E-state index contributed by atoms with van der Waals surface area (Å²) >= 11 is 0. The summed E-state index contributed by atoms with van der Waals surface area (Å²) in [5.74, 6) is 7.06. The van der Waals surface area contributed by atoms with E-state index in [-0.39, 0.29) is 0 Å². The number of nitrogens with two attached hydrogens (primary N) is 1. The fraction of sp³-hybridized carbons (Fsp3) is 0.533. The van der Waals surface area contributed by atoms with Gasteiger partial charge in [0.1, 0.15) is 5.75 Å². The van der Waals surface area contributed by atoms with E-state index in [9.17, 15) is 0 Å². The molecule has 0 spiro atoms. The van der Waals surface area contributed by atoms with Crippen molar-refractivity contribution < 1.29 is 9.47 Å². The highest BCUT2D eigenvalue weighted by Gasteiger charge is 2.09. The number of rotatable bonds is 8. The Hall–Kier alpha value is -1.79. The van der Waals surface area contributed by atoms with Gasteiger partial charge in [-0.2, -0.15) is 0 Å². The lowest BCUT2D eigenvalue weighted by Crippen LogP contribution is -2.42. The first kappa shape index (κ1) is 17.3. The van der Waals surface area contributed by atoms with E-state index in [1.54, 1.807) is 7.11 Å². The van der Waals surface area contributed by atoms with E-state index in [1.165, 1.54) is 0 Å². The number of ether oxygens (including phenoxy) is 2. The highest BCUT2D eigenvalue weighted by Crippen LogP contribution is 2.18. The molecule has 0 unspecified atom stereocenters. The molecule has 1 rings (SSSR count). The number of para-hydroxylation sites is 1. The van der Waals surface area contributed by atoms with Gasteiger partial charge in [0.05, 0.1) is 7.11 Å². The summed E-state index contributed by atoms with van der Waals surface area (Å²) in [5, 5.41) is 0. The van der Waals surface area contributed by atoms with Crippen LogP contribution in [0.25, 0.3) is 0 Å². The molecular formula is C15H26N4O2. The molecule has 0 atom stereocenters. The van der Waals surface area contributed by atoms with Crippen LogP contribution in [-0.4, -0.2) is 44.8 Å². The van der Waals surface area contributed by atoms with Crippen LogP contribution < -0.4 is 16.0 Å². The van der Waals surface area contributed by atoms with Gasteiger partial charge in [-0.25, -0.2) is 5.84 Å². The largest absolute Gasteiger partial charge is 0.496 e. The van der Waals surface area contributed by atoms with Crippen molar-refractivity contribution >= 4 is 5.96 Å². The fourth-order valence-electron chi connectivity index (χ4n) is 1.94. The average molecular weight is 294 g/mol. The zero-order valence-electron chi connectivity index (χ0n) is 13.1. The SMILES string of the molecule is CCOCCCN=C(NN)N(C)Cc1ccccc1OC. The maximum atomic E-state index is 5.55. The Morgan fingerprint density at radius 3 is 2.81 bits per heavy atom. The molecule has 0 aromatic heterocycles. The average Bonchev–Trinajstić information content (AvgIpc) is 2.51. The normalized spacial score (nSPS) is 11.3. The topological polar surface area (TPSA) is 72.1 Å². The van der Waals surface area contributed by atoms with E-state index in [0.717, 1.165) is 24.3 Å². The van der Waals surface area contributed by atoms with Crippen LogP contribution in [-0.2, 0) is 11.3 Å². The summed E-state index contributed by atoms with van der Waals surface area (Å²) in [4.78, 5) is 6.41. The van der Waals surface area contributed by atoms with Crippen LogP contribution in [0.1, 0.15) is 18.9 Å². The third-order valence-electron chi connectivity index (χ3n) is 3.00. The molecular weight excluding hydrogens is 268 g/mol. The van der Waals surface area contributed by atoms with Crippen molar-refractivity contribution in [3.8, 4) is 5.75 Å². The fourth-order valence-corrected chi connectivity index (χ4v) is 1.94. The molecule has 0 saturated heterocycles. The second-order valence-electron chi connectivity index (χ2n) is 4.57. The second kappa shape index (κ2) is 10.0. The minimum absolute atomic E-state index is 0.650. The number of aliphatic imine (C=N–C) groups is 1. The Morgan fingerprint density at radius 2 is 2.14 bits per heavy atom. The van der Waals surface area contributed by atoms with Crippen molar-refractivity contribution in [3.05, 3.63) is 29.8 Å². The van der Waals surface area contributed by atoms with Crippen molar-refractivity contribution in [2.45, 2.75) is 19.9 Å². The van der Waals surface area contributed by atoms with E-state index in [1.807, 2.05) is 43.1 Å². The summed E-state index contributed by atoms with van der Waals surface area (Å²) in [5.41, 5.74) is 3.73. The van der Waals surface area contributed by atoms with Crippen LogP contribution >= 0.6 is 0 Å². The van der Waals surface area contributed by atoms with Crippen molar-refractivity contribution in [2.75, 3.05) is 33.9 Å². The molecule has 0 amide bonds. The molecule has 0 aliphatic heterocycles. The van der Waals surface area contributed by atoms with Gasteiger partial charge in [-0.3, -0.25) is 10.4 Å². The van der Waals surface area contributed by atoms with Crippen LogP contribution in [0.3, 0.4) is 0 Å². The molecule has 0 radical (unpaired) electrons. The monoisotopic (exact) mass is 294 g/mol. The molecule has 0 saturated carbocycles. The van der Waals surface area contributed by atoms with Crippen molar-refractivity contribution in [1.29, 1.82) is 0 Å². The Labute approximate surface area is 126 Å². The standard InChI is InChI=1S/C15H26N4O2/c1-4-21-11-7-10-17-15(18-16)19(2)12-13-8-5-6-9-14(13)20-3/h5-6,8-9H,4,7,10-12,16H2,1-3H3,(H,17,18). The number of hydrogen-bond acceptors (Lipinski definition) is 4. The summed E-state index contributed by atoms with van der Waals surface area (Å²) in [6.07, 6.45) is 0.877. The van der Waals surface area contributed by atoms with Crippen molar-refractivity contribution in [2.24, 2.45) is 10.8 Å². The third-order valence-corrected chi connectivity index (χ3v) is 3.00. The van der Waals surface area contributed by atoms with Crippen molar-refractivity contribution in [1.82, 2.24) is 10.3 Å². The smallest absolute Gasteiger partial charge is 0.208 e.